The Hall–Kier alpha value is -3.84. The van der Waals surface area contributed by atoms with Crippen LogP contribution in [0.1, 0.15) is 11.1 Å². The minimum atomic E-state index is -1.01. The molecule has 1 unspecified atom stereocenters. The first-order valence-electron chi connectivity index (χ1n) is 9.01. The van der Waals surface area contributed by atoms with Gasteiger partial charge in [-0.05, 0) is 35.9 Å². The standard InChI is InChI=1S/C22H19N3O4/c1-29-17-10-7-15(8-11-17)23-21(14-5-3-2-4-6-14)20-18-13-16(25(27)28)9-12-19(18)24-22(20)26/h2-13,22-24,26H,1H3/b21-20-. The number of nitrogens with zero attached hydrogens (tertiary/aromatic N) is 1. The minimum Gasteiger partial charge on any atom is -0.497 e. The number of rotatable bonds is 5. The normalized spacial score (nSPS) is 16.6. The summed E-state index contributed by atoms with van der Waals surface area (Å²) in [5.41, 5.74) is 4.05. The van der Waals surface area contributed by atoms with Gasteiger partial charge in [0.05, 0.1) is 17.7 Å². The van der Waals surface area contributed by atoms with Crippen LogP contribution in [-0.4, -0.2) is 23.4 Å². The molecule has 0 amide bonds. The van der Waals surface area contributed by atoms with Crippen LogP contribution >= 0.6 is 0 Å². The molecule has 29 heavy (non-hydrogen) atoms. The number of nitrogens with one attached hydrogen (secondary N) is 2. The lowest BCUT2D eigenvalue weighted by Gasteiger charge is -2.17. The van der Waals surface area contributed by atoms with Gasteiger partial charge in [0.2, 0.25) is 0 Å². The summed E-state index contributed by atoms with van der Waals surface area (Å²) < 4.78 is 5.20. The highest BCUT2D eigenvalue weighted by atomic mass is 16.6. The van der Waals surface area contributed by atoms with Crippen LogP contribution in [0.5, 0.6) is 5.75 Å². The number of anilines is 2. The monoisotopic (exact) mass is 389 g/mol. The van der Waals surface area contributed by atoms with E-state index in [9.17, 15) is 15.2 Å². The molecule has 1 atom stereocenters. The summed E-state index contributed by atoms with van der Waals surface area (Å²) in [6.07, 6.45) is -1.01. The van der Waals surface area contributed by atoms with Gasteiger partial charge >= 0.3 is 0 Å². The molecule has 0 aromatic heterocycles. The number of aliphatic hydroxyl groups excluding tert-OH is 1. The molecule has 3 N–H and O–H groups in total. The van der Waals surface area contributed by atoms with E-state index in [-0.39, 0.29) is 5.69 Å². The average molecular weight is 389 g/mol. The molecule has 0 saturated carbocycles. The molecule has 0 aliphatic carbocycles. The Morgan fingerprint density at radius 2 is 1.83 bits per heavy atom. The topological polar surface area (TPSA) is 96.7 Å². The molecular formula is C22H19N3O4. The first-order valence-corrected chi connectivity index (χ1v) is 9.01. The van der Waals surface area contributed by atoms with Gasteiger partial charge in [0.1, 0.15) is 5.75 Å². The van der Waals surface area contributed by atoms with Gasteiger partial charge in [0.15, 0.2) is 6.23 Å². The summed E-state index contributed by atoms with van der Waals surface area (Å²) in [7, 11) is 1.60. The maximum Gasteiger partial charge on any atom is 0.270 e. The number of fused-ring (bicyclic) bond motifs is 1. The molecule has 0 radical (unpaired) electrons. The molecule has 7 heteroatoms. The molecule has 4 rings (SSSR count). The van der Waals surface area contributed by atoms with Gasteiger partial charge in [-0.25, -0.2) is 0 Å². The van der Waals surface area contributed by atoms with Gasteiger partial charge < -0.3 is 20.5 Å². The van der Waals surface area contributed by atoms with Crippen LogP contribution in [0.2, 0.25) is 0 Å². The molecule has 0 saturated heterocycles. The van der Waals surface area contributed by atoms with Crippen LogP contribution in [0, 0.1) is 10.1 Å². The number of hydrogen-bond donors (Lipinski definition) is 3. The molecular weight excluding hydrogens is 370 g/mol. The quantitative estimate of drug-likeness (QED) is 0.444. The number of benzene rings is 3. The van der Waals surface area contributed by atoms with E-state index < -0.39 is 11.2 Å². The Morgan fingerprint density at radius 3 is 2.48 bits per heavy atom. The summed E-state index contributed by atoms with van der Waals surface area (Å²) in [4.78, 5) is 10.8. The van der Waals surface area contributed by atoms with Crippen LogP contribution in [0.3, 0.4) is 0 Å². The van der Waals surface area contributed by atoms with Crippen molar-refractivity contribution in [2.75, 3.05) is 17.7 Å². The third-order valence-electron chi connectivity index (χ3n) is 4.76. The zero-order valence-electron chi connectivity index (χ0n) is 15.6. The van der Waals surface area contributed by atoms with Gasteiger partial charge in [0.25, 0.3) is 5.69 Å². The number of non-ortho nitro benzene ring substituents is 1. The zero-order chi connectivity index (χ0) is 20.4. The van der Waals surface area contributed by atoms with Gasteiger partial charge in [-0.1, -0.05) is 30.3 Å². The minimum absolute atomic E-state index is 0.0333. The SMILES string of the molecule is COc1ccc(N/C(=C2/c3cc([N+](=O)[O-])ccc3NC2O)c2ccccc2)cc1. The Bertz CT molecular complexity index is 1080. The van der Waals surface area contributed by atoms with Crippen molar-refractivity contribution in [2.45, 2.75) is 6.23 Å². The number of nitro groups is 1. The highest BCUT2D eigenvalue weighted by molar-refractivity contribution is 6.03. The number of methoxy groups -OCH3 is 1. The van der Waals surface area contributed by atoms with Crippen molar-refractivity contribution >= 4 is 28.3 Å². The lowest BCUT2D eigenvalue weighted by molar-refractivity contribution is -0.384. The lowest BCUT2D eigenvalue weighted by Crippen LogP contribution is -2.16. The fourth-order valence-electron chi connectivity index (χ4n) is 3.35. The third kappa shape index (κ3) is 3.63. The maximum atomic E-state index is 11.3. The van der Waals surface area contributed by atoms with Crippen molar-refractivity contribution in [3.63, 3.8) is 0 Å². The summed E-state index contributed by atoms with van der Waals surface area (Å²) in [5, 5.41) is 28.3. The highest BCUT2D eigenvalue weighted by Gasteiger charge is 2.30. The summed E-state index contributed by atoms with van der Waals surface area (Å²) in [6, 6.07) is 21.4. The van der Waals surface area contributed by atoms with Crippen molar-refractivity contribution in [2.24, 2.45) is 0 Å². The second-order valence-electron chi connectivity index (χ2n) is 6.54. The van der Waals surface area contributed by atoms with Crippen LogP contribution in [0.4, 0.5) is 17.1 Å². The predicted molar refractivity (Wildman–Crippen MR) is 113 cm³/mol. The molecule has 3 aromatic rings. The van der Waals surface area contributed by atoms with Crippen molar-refractivity contribution < 1.29 is 14.8 Å². The average Bonchev–Trinajstić information content (AvgIpc) is 3.07. The second kappa shape index (κ2) is 7.65. The molecule has 0 bridgehead atoms. The van der Waals surface area contributed by atoms with Crippen LogP contribution < -0.4 is 15.4 Å². The van der Waals surface area contributed by atoms with Crippen molar-refractivity contribution in [3.8, 4) is 5.75 Å². The zero-order valence-corrected chi connectivity index (χ0v) is 15.6. The van der Waals surface area contributed by atoms with E-state index in [0.29, 0.717) is 22.5 Å². The molecule has 1 aliphatic heterocycles. The molecule has 1 heterocycles. The number of nitro benzene ring substituents is 1. The third-order valence-corrected chi connectivity index (χ3v) is 4.76. The number of ether oxygens (including phenoxy) is 1. The van der Waals surface area contributed by atoms with Crippen molar-refractivity contribution in [1.82, 2.24) is 0 Å². The van der Waals surface area contributed by atoms with Gasteiger partial charge in [-0.15, -0.1) is 0 Å². The Kier molecular flexibility index (Phi) is 4.88. The predicted octanol–water partition coefficient (Wildman–Crippen LogP) is 4.33. The largest absolute Gasteiger partial charge is 0.497 e. The van der Waals surface area contributed by atoms with E-state index in [1.165, 1.54) is 12.1 Å². The van der Waals surface area contributed by atoms with E-state index in [0.717, 1.165) is 17.0 Å². The molecule has 1 aliphatic rings. The maximum absolute atomic E-state index is 11.3. The summed E-state index contributed by atoms with van der Waals surface area (Å²) >= 11 is 0. The van der Waals surface area contributed by atoms with E-state index in [1.807, 2.05) is 54.6 Å². The van der Waals surface area contributed by atoms with Crippen molar-refractivity contribution in [1.29, 1.82) is 0 Å². The van der Waals surface area contributed by atoms with Gasteiger partial charge in [0, 0.05) is 34.6 Å². The van der Waals surface area contributed by atoms with E-state index in [1.54, 1.807) is 13.2 Å². The summed E-state index contributed by atoms with van der Waals surface area (Å²) in [6.45, 7) is 0. The van der Waals surface area contributed by atoms with Crippen LogP contribution in [-0.2, 0) is 0 Å². The van der Waals surface area contributed by atoms with E-state index in [4.69, 9.17) is 4.74 Å². The van der Waals surface area contributed by atoms with E-state index >= 15 is 0 Å². The fraction of sp³-hybridized carbons (Fsp3) is 0.0909. The molecule has 146 valence electrons. The molecule has 0 spiro atoms. The fourth-order valence-corrected chi connectivity index (χ4v) is 3.35. The number of hydrogen-bond acceptors (Lipinski definition) is 6. The Balaban J connectivity index is 1.87. The smallest absolute Gasteiger partial charge is 0.270 e. The summed E-state index contributed by atoms with van der Waals surface area (Å²) in [5.74, 6) is 0.730. The Labute approximate surface area is 167 Å². The van der Waals surface area contributed by atoms with Gasteiger partial charge in [-0.2, -0.15) is 0 Å². The second-order valence-corrected chi connectivity index (χ2v) is 6.54. The van der Waals surface area contributed by atoms with Gasteiger partial charge in [-0.3, -0.25) is 10.1 Å². The first-order chi connectivity index (χ1) is 14.1. The van der Waals surface area contributed by atoms with E-state index in [2.05, 4.69) is 10.6 Å². The van der Waals surface area contributed by atoms with Crippen molar-refractivity contribution in [3.05, 3.63) is 94.0 Å². The lowest BCUT2D eigenvalue weighted by atomic mass is 9.99. The van der Waals surface area contributed by atoms with Crippen LogP contribution in [0.15, 0.2) is 72.8 Å². The Morgan fingerprint density at radius 1 is 1.10 bits per heavy atom. The van der Waals surface area contributed by atoms with Crippen LogP contribution in [0.25, 0.3) is 11.3 Å². The highest BCUT2D eigenvalue weighted by Crippen LogP contribution is 2.41. The molecule has 0 fully saturated rings. The number of aliphatic hydroxyl groups is 1. The molecule has 7 nitrogen and oxygen atoms in total. The first kappa shape index (κ1) is 18.5. The molecule has 3 aromatic carbocycles.